The van der Waals surface area contributed by atoms with Crippen LogP contribution in [0.4, 0.5) is 0 Å². The smallest absolute Gasteiger partial charge is 0.0619 e. The Balaban J connectivity index is 1.56. The van der Waals surface area contributed by atoms with Crippen molar-refractivity contribution in [2.45, 2.75) is 45.4 Å². The van der Waals surface area contributed by atoms with Crippen molar-refractivity contribution in [3.05, 3.63) is 188 Å². The SMILES string of the molecule is Cc1cc2c(cc1C)C1(c3ccccc3-c3c1cc(C)c(C)c3C)c1ccccc1C21c2ccccc2-c2ccccc21. The Morgan fingerprint density at radius 2 is 0.698 bits per heavy atom. The molecule has 6 aromatic carbocycles. The van der Waals surface area contributed by atoms with Crippen molar-refractivity contribution >= 4 is 0 Å². The molecule has 3 aliphatic rings. The van der Waals surface area contributed by atoms with Gasteiger partial charge in [-0.2, -0.15) is 0 Å². The maximum absolute atomic E-state index is 2.54. The summed E-state index contributed by atoms with van der Waals surface area (Å²) in [7, 11) is 0. The maximum Gasteiger partial charge on any atom is 0.0720 e. The number of benzene rings is 6. The number of aryl methyl sites for hydroxylation is 3. The molecular formula is C43H34. The average Bonchev–Trinajstić information content (AvgIpc) is 3.49. The van der Waals surface area contributed by atoms with E-state index in [1.165, 1.54) is 94.6 Å². The summed E-state index contributed by atoms with van der Waals surface area (Å²) in [5.74, 6) is 0. The lowest BCUT2D eigenvalue weighted by Gasteiger charge is -2.49. The average molecular weight is 551 g/mol. The lowest BCUT2D eigenvalue weighted by molar-refractivity contribution is 0.631. The molecule has 0 heteroatoms. The van der Waals surface area contributed by atoms with Gasteiger partial charge in [-0.25, -0.2) is 0 Å². The quantitative estimate of drug-likeness (QED) is 0.176. The fourth-order valence-electron chi connectivity index (χ4n) is 9.16. The predicted octanol–water partition coefficient (Wildman–Crippen LogP) is 10.3. The summed E-state index contributed by atoms with van der Waals surface area (Å²) in [6, 6.07) is 44.5. The maximum atomic E-state index is 2.54. The molecule has 0 aromatic heterocycles. The standard InChI is InChI=1S/C43H34/c1-25-22-38-39(23-26(25)2)43(35-19-11-8-16-32(35)41-29(5)28(4)27(3)24-40(41)43)37-21-13-12-20-36(37)42(38)33-17-9-6-14-30(33)31-15-7-10-18-34(31)42/h6-24H,1-5H3. The van der Waals surface area contributed by atoms with Crippen LogP contribution in [0, 0.1) is 34.6 Å². The van der Waals surface area contributed by atoms with Crippen LogP contribution in [-0.2, 0) is 10.8 Å². The Kier molecular flexibility index (Phi) is 4.76. The van der Waals surface area contributed by atoms with Crippen molar-refractivity contribution < 1.29 is 0 Å². The molecule has 9 rings (SSSR count). The second-order valence-electron chi connectivity index (χ2n) is 13.0. The zero-order valence-corrected chi connectivity index (χ0v) is 25.5. The molecule has 1 atom stereocenters. The third kappa shape index (κ3) is 2.70. The third-order valence-corrected chi connectivity index (χ3v) is 11.3. The van der Waals surface area contributed by atoms with Crippen LogP contribution in [0.25, 0.3) is 22.3 Å². The van der Waals surface area contributed by atoms with Gasteiger partial charge >= 0.3 is 0 Å². The number of fused-ring (bicyclic) bond motifs is 16. The summed E-state index contributed by atoms with van der Waals surface area (Å²) < 4.78 is 0. The summed E-state index contributed by atoms with van der Waals surface area (Å²) in [6.07, 6.45) is 0. The summed E-state index contributed by atoms with van der Waals surface area (Å²) in [4.78, 5) is 0. The molecule has 206 valence electrons. The van der Waals surface area contributed by atoms with Gasteiger partial charge in [0.05, 0.1) is 10.8 Å². The molecule has 0 fully saturated rings. The van der Waals surface area contributed by atoms with E-state index in [1.54, 1.807) is 0 Å². The van der Waals surface area contributed by atoms with Crippen LogP contribution in [0.2, 0.25) is 0 Å². The Hall–Kier alpha value is -4.68. The van der Waals surface area contributed by atoms with E-state index in [-0.39, 0.29) is 0 Å². The first-order valence-electron chi connectivity index (χ1n) is 15.5. The van der Waals surface area contributed by atoms with E-state index in [0.29, 0.717) is 0 Å². The minimum absolute atomic E-state index is 0.394. The van der Waals surface area contributed by atoms with Crippen molar-refractivity contribution in [2.75, 3.05) is 0 Å². The van der Waals surface area contributed by atoms with E-state index in [0.717, 1.165) is 0 Å². The van der Waals surface area contributed by atoms with Crippen molar-refractivity contribution in [1.82, 2.24) is 0 Å². The highest BCUT2D eigenvalue weighted by Crippen LogP contribution is 2.68. The molecule has 0 N–H and O–H groups in total. The normalized spacial score (nSPS) is 17.7. The molecular weight excluding hydrogens is 516 g/mol. The van der Waals surface area contributed by atoms with Crippen molar-refractivity contribution in [3.8, 4) is 22.3 Å². The van der Waals surface area contributed by atoms with Crippen molar-refractivity contribution in [2.24, 2.45) is 0 Å². The van der Waals surface area contributed by atoms with E-state index < -0.39 is 10.8 Å². The highest BCUT2D eigenvalue weighted by Gasteiger charge is 2.59. The molecule has 0 saturated carbocycles. The Bertz CT molecular complexity index is 2150. The molecule has 0 amide bonds. The molecule has 1 unspecified atom stereocenters. The predicted molar refractivity (Wildman–Crippen MR) is 178 cm³/mol. The third-order valence-electron chi connectivity index (χ3n) is 11.3. The highest BCUT2D eigenvalue weighted by atomic mass is 14.6. The van der Waals surface area contributed by atoms with E-state index in [9.17, 15) is 0 Å². The molecule has 0 saturated heterocycles. The molecule has 2 spiro atoms. The molecule has 43 heavy (non-hydrogen) atoms. The van der Waals surface area contributed by atoms with Crippen LogP contribution in [-0.4, -0.2) is 0 Å². The lowest BCUT2D eigenvalue weighted by Crippen LogP contribution is -2.44. The van der Waals surface area contributed by atoms with Gasteiger partial charge < -0.3 is 0 Å². The second kappa shape index (κ2) is 8.23. The van der Waals surface area contributed by atoms with Gasteiger partial charge in [-0.1, -0.05) is 115 Å². The van der Waals surface area contributed by atoms with Crippen molar-refractivity contribution in [3.63, 3.8) is 0 Å². The molecule has 6 aromatic rings. The van der Waals surface area contributed by atoms with E-state index in [2.05, 4.69) is 150 Å². The Morgan fingerprint density at radius 3 is 1.21 bits per heavy atom. The second-order valence-corrected chi connectivity index (χ2v) is 13.0. The summed E-state index contributed by atoms with van der Waals surface area (Å²) >= 11 is 0. The largest absolute Gasteiger partial charge is 0.0720 e. The van der Waals surface area contributed by atoms with Crippen LogP contribution in [0.3, 0.4) is 0 Å². The first kappa shape index (κ1) is 24.9. The van der Waals surface area contributed by atoms with Gasteiger partial charge in [-0.15, -0.1) is 0 Å². The van der Waals surface area contributed by atoms with Gasteiger partial charge in [-0.05, 0) is 129 Å². The fourth-order valence-corrected chi connectivity index (χ4v) is 9.16. The summed E-state index contributed by atoms with van der Waals surface area (Å²) in [5, 5.41) is 0. The molecule has 0 aliphatic heterocycles. The summed E-state index contributed by atoms with van der Waals surface area (Å²) in [5.41, 5.74) is 22.8. The molecule has 3 aliphatic carbocycles. The molecule has 0 nitrogen and oxygen atoms in total. The van der Waals surface area contributed by atoms with Crippen LogP contribution in [0.5, 0.6) is 0 Å². The minimum atomic E-state index is -0.405. The van der Waals surface area contributed by atoms with Gasteiger partial charge in [-0.3, -0.25) is 0 Å². The monoisotopic (exact) mass is 550 g/mol. The zero-order valence-electron chi connectivity index (χ0n) is 25.5. The van der Waals surface area contributed by atoms with Gasteiger partial charge in [0.25, 0.3) is 0 Å². The van der Waals surface area contributed by atoms with Crippen LogP contribution in [0.1, 0.15) is 72.3 Å². The van der Waals surface area contributed by atoms with Crippen LogP contribution in [0.15, 0.2) is 115 Å². The highest BCUT2D eigenvalue weighted by molar-refractivity contribution is 5.94. The molecule has 0 heterocycles. The Morgan fingerprint density at radius 1 is 0.326 bits per heavy atom. The van der Waals surface area contributed by atoms with E-state index >= 15 is 0 Å². The Labute approximate surface area is 254 Å². The molecule has 0 radical (unpaired) electrons. The van der Waals surface area contributed by atoms with Gasteiger partial charge in [0.1, 0.15) is 0 Å². The van der Waals surface area contributed by atoms with E-state index in [1.807, 2.05) is 0 Å². The van der Waals surface area contributed by atoms with Crippen LogP contribution >= 0.6 is 0 Å². The van der Waals surface area contributed by atoms with Gasteiger partial charge in [0.15, 0.2) is 0 Å². The minimum Gasteiger partial charge on any atom is -0.0619 e. The first-order chi connectivity index (χ1) is 20.9. The number of hydrogen-bond donors (Lipinski definition) is 0. The zero-order chi connectivity index (χ0) is 29.2. The first-order valence-corrected chi connectivity index (χ1v) is 15.5. The summed E-state index contributed by atoms with van der Waals surface area (Å²) in [6.45, 7) is 11.5. The van der Waals surface area contributed by atoms with Crippen LogP contribution < -0.4 is 0 Å². The van der Waals surface area contributed by atoms with E-state index in [4.69, 9.17) is 0 Å². The number of hydrogen-bond acceptors (Lipinski definition) is 0. The topological polar surface area (TPSA) is 0 Å². The molecule has 0 bridgehead atoms. The number of rotatable bonds is 0. The van der Waals surface area contributed by atoms with Gasteiger partial charge in [0, 0.05) is 0 Å². The fraction of sp³-hybridized carbons (Fsp3) is 0.163. The lowest BCUT2D eigenvalue weighted by atomic mass is 9.52. The van der Waals surface area contributed by atoms with Crippen molar-refractivity contribution in [1.29, 1.82) is 0 Å². The van der Waals surface area contributed by atoms with Gasteiger partial charge in [0.2, 0.25) is 0 Å².